The number of rotatable bonds is 4. The third-order valence-corrected chi connectivity index (χ3v) is 3.14. The molecule has 6 heteroatoms. The average molecular weight is 267 g/mol. The molecule has 102 valence electrons. The maximum absolute atomic E-state index is 12.8. The van der Waals surface area contributed by atoms with E-state index in [0.717, 1.165) is 4.90 Å². The molecule has 2 rings (SSSR count). The van der Waals surface area contributed by atoms with Crippen molar-refractivity contribution in [2.75, 3.05) is 6.54 Å². The van der Waals surface area contributed by atoms with E-state index in [1.54, 1.807) is 0 Å². The Morgan fingerprint density at radius 3 is 2.53 bits per heavy atom. The van der Waals surface area contributed by atoms with Crippen molar-refractivity contribution < 1.29 is 24.2 Å². The third-order valence-electron chi connectivity index (χ3n) is 3.14. The molecule has 0 bridgehead atoms. The number of carbonyl (C=O) groups is 2. The van der Waals surface area contributed by atoms with E-state index in [-0.39, 0.29) is 25.3 Å². The minimum absolute atomic E-state index is 0.0248. The van der Waals surface area contributed by atoms with Crippen LogP contribution >= 0.6 is 0 Å². The summed E-state index contributed by atoms with van der Waals surface area (Å²) in [4.78, 5) is 24.0. The first-order valence-corrected chi connectivity index (χ1v) is 5.92. The summed E-state index contributed by atoms with van der Waals surface area (Å²) in [5.74, 6) is -1.91. The van der Waals surface area contributed by atoms with Crippen molar-refractivity contribution >= 4 is 11.9 Å². The van der Waals surface area contributed by atoms with Gasteiger partial charge in [0.15, 0.2) is 0 Å². The molecule has 2 atom stereocenters. The second kappa shape index (κ2) is 5.36. The van der Waals surface area contributed by atoms with Crippen LogP contribution < -0.4 is 0 Å². The lowest BCUT2D eigenvalue weighted by Gasteiger charge is -2.24. The molecular weight excluding hydrogens is 253 g/mol. The zero-order valence-corrected chi connectivity index (χ0v) is 10.1. The van der Waals surface area contributed by atoms with Crippen LogP contribution in [0, 0.1) is 5.82 Å². The van der Waals surface area contributed by atoms with Gasteiger partial charge in [-0.2, -0.15) is 0 Å². The van der Waals surface area contributed by atoms with Crippen molar-refractivity contribution in [3.8, 4) is 0 Å². The lowest BCUT2D eigenvalue weighted by Crippen LogP contribution is -2.44. The van der Waals surface area contributed by atoms with Crippen molar-refractivity contribution in [1.29, 1.82) is 0 Å². The van der Waals surface area contributed by atoms with E-state index in [2.05, 4.69) is 0 Å². The Morgan fingerprint density at radius 1 is 1.42 bits per heavy atom. The molecule has 0 aliphatic carbocycles. The van der Waals surface area contributed by atoms with E-state index in [0.29, 0.717) is 5.56 Å². The Hall–Kier alpha value is -1.95. The van der Waals surface area contributed by atoms with E-state index in [4.69, 9.17) is 0 Å². The zero-order chi connectivity index (χ0) is 14.0. The van der Waals surface area contributed by atoms with Crippen LogP contribution in [0.1, 0.15) is 12.0 Å². The highest BCUT2D eigenvalue weighted by Gasteiger charge is 2.36. The number of halogens is 1. The maximum atomic E-state index is 12.8. The molecule has 1 aromatic rings. The summed E-state index contributed by atoms with van der Waals surface area (Å²) in [6.07, 6.45) is -0.774. The molecule has 2 N–H and O–H groups in total. The first-order valence-electron chi connectivity index (χ1n) is 5.92. The molecule has 1 aliphatic rings. The van der Waals surface area contributed by atoms with E-state index >= 15 is 0 Å². The second-order valence-electron chi connectivity index (χ2n) is 4.59. The molecule has 1 unspecified atom stereocenters. The summed E-state index contributed by atoms with van der Waals surface area (Å²) in [5.41, 5.74) is 0.628. The predicted octanol–water partition coefficient (Wildman–Crippen LogP) is 0.415. The number of carboxylic acid groups (broad SMARTS) is 1. The number of β-amino-alcohol motifs (C(OH)–C–C–N with tert-alkyl or cyclic N) is 1. The third kappa shape index (κ3) is 3.08. The van der Waals surface area contributed by atoms with Gasteiger partial charge < -0.3 is 15.1 Å². The second-order valence-corrected chi connectivity index (χ2v) is 4.59. The van der Waals surface area contributed by atoms with Gasteiger partial charge in [-0.05, 0) is 17.7 Å². The van der Waals surface area contributed by atoms with Crippen LogP contribution in [0.25, 0.3) is 0 Å². The van der Waals surface area contributed by atoms with E-state index in [1.165, 1.54) is 24.3 Å². The summed E-state index contributed by atoms with van der Waals surface area (Å²) in [7, 11) is 0. The summed E-state index contributed by atoms with van der Waals surface area (Å²) in [5, 5.41) is 18.6. The summed E-state index contributed by atoms with van der Waals surface area (Å²) in [6.45, 7) is 0.0248. The van der Waals surface area contributed by atoms with Gasteiger partial charge in [-0.3, -0.25) is 4.79 Å². The minimum Gasteiger partial charge on any atom is -0.480 e. The maximum Gasteiger partial charge on any atom is 0.326 e. The van der Waals surface area contributed by atoms with Crippen LogP contribution in [0.3, 0.4) is 0 Å². The number of nitrogens with zero attached hydrogens (tertiary/aromatic N) is 1. The van der Waals surface area contributed by atoms with Crippen LogP contribution in [0.4, 0.5) is 4.39 Å². The molecule has 0 spiro atoms. The number of hydrogen-bond acceptors (Lipinski definition) is 3. The topological polar surface area (TPSA) is 77.8 Å². The Labute approximate surface area is 109 Å². The smallest absolute Gasteiger partial charge is 0.326 e. The fraction of sp³-hybridized carbons (Fsp3) is 0.385. The number of aliphatic hydroxyl groups excluding tert-OH is 1. The number of carbonyl (C=O) groups excluding carboxylic acids is 1. The molecule has 0 saturated carbocycles. The van der Waals surface area contributed by atoms with Crippen LogP contribution in [0.15, 0.2) is 24.3 Å². The van der Waals surface area contributed by atoms with Gasteiger partial charge in [0.2, 0.25) is 5.91 Å². The zero-order valence-electron chi connectivity index (χ0n) is 10.1. The first kappa shape index (κ1) is 13.5. The lowest BCUT2D eigenvalue weighted by atomic mass is 10.0. The molecule has 1 aliphatic heterocycles. The van der Waals surface area contributed by atoms with Crippen molar-refractivity contribution in [2.24, 2.45) is 0 Å². The quantitative estimate of drug-likeness (QED) is 0.828. The number of carboxylic acids is 1. The average Bonchev–Trinajstić information content (AvgIpc) is 2.67. The minimum atomic E-state index is -1.13. The number of hydrogen-bond donors (Lipinski definition) is 2. The SMILES string of the molecule is O=C(O)[C@H](Cc1ccc(F)cc1)N1CC(O)CC1=O. The van der Waals surface area contributed by atoms with Crippen LogP contribution in [-0.2, 0) is 16.0 Å². The molecule has 0 radical (unpaired) electrons. The first-order chi connectivity index (χ1) is 8.97. The van der Waals surface area contributed by atoms with Gasteiger partial charge >= 0.3 is 5.97 Å². The number of aliphatic carboxylic acids is 1. The van der Waals surface area contributed by atoms with Gasteiger partial charge in [0.25, 0.3) is 0 Å². The molecule has 1 saturated heterocycles. The van der Waals surface area contributed by atoms with Crippen molar-refractivity contribution in [3.05, 3.63) is 35.6 Å². The highest BCUT2D eigenvalue weighted by atomic mass is 19.1. The normalized spacial score (nSPS) is 20.6. The highest BCUT2D eigenvalue weighted by molar-refractivity contribution is 5.85. The Balaban J connectivity index is 2.15. The van der Waals surface area contributed by atoms with Crippen LogP contribution in [-0.4, -0.2) is 45.7 Å². The summed E-state index contributed by atoms with van der Waals surface area (Å²) in [6, 6.07) is 4.43. The molecule has 0 aromatic heterocycles. The van der Waals surface area contributed by atoms with E-state index in [9.17, 15) is 24.2 Å². The molecular formula is C13H14FNO4. The van der Waals surface area contributed by atoms with Gasteiger partial charge in [0, 0.05) is 13.0 Å². The Kier molecular flexibility index (Phi) is 3.80. The Bertz CT molecular complexity index is 488. The fourth-order valence-electron chi connectivity index (χ4n) is 2.19. The molecule has 1 heterocycles. The molecule has 1 amide bonds. The van der Waals surface area contributed by atoms with Gasteiger partial charge in [-0.1, -0.05) is 12.1 Å². The Morgan fingerprint density at radius 2 is 2.05 bits per heavy atom. The van der Waals surface area contributed by atoms with Crippen molar-refractivity contribution in [1.82, 2.24) is 4.90 Å². The standard InChI is InChI=1S/C13H14FNO4/c14-9-3-1-8(2-4-9)5-11(13(18)19)15-7-10(16)6-12(15)17/h1-4,10-11,16H,5-7H2,(H,18,19)/t10?,11-/m0/s1. The number of likely N-dealkylation sites (tertiary alicyclic amines) is 1. The highest BCUT2D eigenvalue weighted by Crippen LogP contribution is 2.18. The van der Waals surface area contributed by atoms with Crippen LogP contribution in [0.5, 0.6) is 0 Å². The summed E-state index contributed by atoms with van der Waals surface area (Å²) < 4.78 is 12.8. The van der Waals surface area contributed by atoms with Crippen molar-refractivity contribution in [2.45, 2.75) is 25.0 Å². The van der Waals surface area contributed by atoms with Crippen molar-refractivity contribution in [3.63, 3.8) is 0 Å². The molecule has 1 fully saturated rings. The van der Waals surface area contributed by atoms with Gasteiger partial charge in [-0.15, -0.1) is 0 Å². The monoisotopic (exact) mass is 267 g/mol. The van der Waals surface area contributed by atoms with Gasteiger partial charge in [0.05, 0.1) is 12.5 Å². The largest absolute Gasteiger partial charge is 0.480 e. The van der Waals surface area contributed by atoms with E-state index < -0.39 is 23.9 Å². The molecule has 19 heavy (non-hydrogen) atoms. The molecule has 1 aromatic carbocycles. The van der Waals surface area contributed by atoms with Gasteiger partial charge in [0.1, 0.15) is 11.9 Å². The summed E-state index contributed by atoms with van der Waals surface area (Å²) >= 11 is 0. The number of amides is 1. The van der Waals surface area contributed by atoms with Crippen LogP contribution in [0.2, 0.25) is 0 Å². The number of benzene rings is 1. The van der Waals surface area contributed by atoms with Gasteiger partial charge in [-0.25, -0.2) is 9.18 Å². The number of aliphatic hydroxyl groups is 1. The predicted molar refractivity (Wildman–Crippen MR) is 63.9 cm³/mol. The molecule has 5 nitrogen and oxygen atoms in total. The fourth-order valence-corrected chi connectivity index (χ4v) is 2.19. The van der Waals surface area contributed by atoms with E-state index in [1.807, 2.05) is 0 Å². The lowest BCUT2D eigenvalue weighted by molar-refractivity contribution is -0.148.